The van der Waals surface area contributed by atoms with Crippen LogP contribution >= 0.6 is 23.2 Å². The number of hydrogen-bond donors (Lipinski definition) is 0. The number of allylic oxidation sites excluding steroid dienone is 2. The highest BCUT2D eigenvalue weighted by atomic mass is 35.5. The van der Waals surface area contributed by atoms with Gasteiger partial charge in [-0.15, -0.1) is 0 Å². The number of nitrogens with zero attached hydrogens (tertiary/aromatic N) is 3. The fraction of sp³-hybridized carbons (Fsp3) is 0.533. The maximum Gasteiger partial charge on any atom is 0.305 e. The lowest BCUT2D eigenvalue weighted by atomic mass is 9.96. The molecule has 40 heavy (non-hydrogen) atoms. The summed E-state index contributed by atoms with van der Waals surface area (Å²) in [6, 6.07) is 5.78. The normalized spacial score (nSPS) is 19.7. The molecule has 10 heteroatoms. The Labute approximate surface area is 247 Å². The largest absolute Gasteiger partial charge is 0.493 e. The SMILES string of the molecule is CCOC(=O)CCCN1C=COC(C2=C(OCCCCN3CCN(c4cccc(Cl)c4Cl)CC3)C=CC(=O)C2)C1. The molecule has 0 radical (unpaired) electrons. The van der Waals surface area contributed by atoms with Crippen molar-refractivity contribution < 1.29 is 23.8 Å². The van der Waals surface area contributed by atoms with Crippen LogP contribution in [0.4, 0.5) is 5.69 Å². The molecule has 1 fully saturated rings. The molecule has 0 amide bonds. The number of carbonyl (C=O) groups excluding carboxylic acids is 2. The molecule has 1 saturated heterocycles. The van der Waals surface area contributed by atoms with E-state index in [4.69, 9.17) is 37.4 Å². The zero-order chi connectivity index (χ0) is 28.3. The second-order valence-electron chi connectivity index (χ2n) is 10.1. The van der Waals surface area contributed by atoms with Crippen LogP contribution in [0, 0.1) is 0 Å². The average Bonchev–Trinajstić information content (AvgIpc) is 2.96. The number of carbonyl (C=O) groups is 2. The van der Waals surface area contributed by atoms with Gasteiger partial charge >= 0.3 is 5.97 Å². The maximum atomic E-state index is 12.2. The molecule has 2 aliphatic heterocycles. The molecular weight excluding hydrogens is 553 g/mol. The van der Waals surface area contributed by atoms with E-state index in [0.29, 0.717) is 55.6 Å². The number of piperazine rings is 1. The van der Waals surface area contributed by atoms with Crippen molar-refractivity contribution in [3.8, 4) is 0 Å². The van der Waals surface area contributed by atoms with Crippen molar-refractivity contribution in [2.45, 2.75) is 45.1 Å². The van der Waals surface area contributed by atoms with E-state index in [1.54, 1.807) is 18.4 Å². The Morgan fingerprint density at radius 2 is 1.90 bits per heavy atom. The number of halogens is 2. The van der Waals surface area contributed by atoms with E-state index in [1.165, 1.54) is 0 Å². The Morgan fingerprint density at radius 3 is 2.70 bits per heavy atom. The lowest BCUT2D eigenvalue weighted by molar-refractivity contribution is -0.143. The van der Waals surface area contributed by atoms with Crippen LogP contribution in [-0.4, -0.2) is 86.7 Å². The van der Waals surface area contributed by atoms with Crippen molar-refractivity contribution >= 4 is 40.6 Å². The topological polar surface area (TPSA) is 71.6 Å². The molecule has 1 aromatic carbocycles. The van der Waals surface area contributed by atoms with Gasteiger partial charge in [0.1, 0.15) is 11.9 Å². The lowest BCUT2D eigenvalue weighted by Crippen LogP contribution is -2.46. The number of anilines is 1. The minimum Gasteiger partial charge on any atom is -0.493 e. The number of benzene rings is 1. The molecule has 3 aliphatic rings. The van der Waals surface area contributed by atoms with Gasteiger partial charge in [-0.05, 0) is 57.0 Å². The molecule has 0 spiro atoms. The predicted molar refractivity (Wildman–Crippen MR) is 158 cm³/mol. The zero-order valence-corrected chi connectivity index (χ0v) is 24.7. The van der Waals surface area contributed by atoms with Crippen LogP contribution in [-0.2, 0) is 23.8 Å². The standard InChI is InChI=1S/C30H39Cl2N3O5/c1-2-38-29(37)9-6-13-34-18-20-40-28(22-34)24-21-23(36)10-11-27(24)39-19-4-3-12-33-14-16-35(17-15-33)26-8-5-7-25(31)30(26)32/h5,7-8,10-11,18,20,28H,2-4,6,9,12-17,19,21-22H2,1H3. The van der Waals surface area contributed by atoms with Crippen LogP contribution in [0.3, 0.4) is 0 Å². The molecule has 1 atom stereocenters. The quantitative estimate of drug-likeness (QED) is 0.229. The molecule has 0 aromatic heterocycles. The van der Waals surface area contributed by atoms with Crippen molar-refractivity contribution in [1.29, 1.82) is 0 Å². The Morgan fingerprint density at radius 1 is 1.07 bits per heavy atom. The third-order valence-corrected chi connectivity index (χ3v) is 8.12. The summed E-state index contributed by atoms with van der Waals surface area (Å²) < 4.78 is 17.1. The molecule has 4 rings (SSSR count). The third kappa shape index (κ3) is 8.66. The van der Waals surface area contributed by atoms with Crippen molar-refractivity contribution in [3.63, 3.8) is 0 Å². The highest BCUT2D eigenvalue weighted by molar-refractivity contribution is 6.43. The second kappa shape index (κ2) is 15.4. The first-order valence-corrected chi connectivity index (χ1v) is 14.9. The molecule has 0 bridgehead atoms. The number of hydrogen-bond acceptors (Lipinski definition) is 8. The molecule has 2 heterocycles. The summed E-state index contributed by atoms with van der Waals surface area (Å²) >= 11 is 12.6. The van der Waals surface area contributed by atoms with Gasteiger partial charge in [0.25, 0.3) is 0 Å². The molecule has 0 saturated carbocycles. The monoisotopic (exact) mass is 591 g/mol. The van der Waals surface area contributed by atoms with E-state index >= 15 is 0 Å². The van der Waals surface area contributed by atoms with Gasteiger partial charge < -0.3 is 24.0 Å². The molecule has 1 aromatic rings. The molecule has 0 N–H and O–H groups in total. The number of rotatable bonds is 13. The molecule has 218 valence electrons. The van der Waals surface area contributed by atoms with Crippen LogP contribution in [0.1, 0.15) is 39.0 Å². The van der Waals surface area contributed by atoms with Gasteiger partial charge in [-0.3, -0.25) is 14.5 Å². The highest BCUT2D eigenvalue weighted by Crippen LogP contribution is 2.33. The number of unbranched alkanes of at least 4 members (excludes halogenated alkanes) is 1. The van der Waals surface area contributed by atoms with Gasteiger partial charge in [0, 0.05) is 57.3 Å². The Hall–Kier alpha value is -2.68. The summed E-state index contributed by atoms with van der Waals surface area (Å²) in [4.78, 5) is 30.7. The summed E-state index contributed by atoms with van der Waals surface area (Å²) in [6.07, 6.45) is 9.95. The van der Waals surface area contributed by atoms with E-state index in [0.717, 1.165) is 62.6 Å². The van der Waals surface area contributed by atoms with E-state index in [-0.39, 0.29) is 17.9 Å². The van der Waals surface area contributed by atoms with Gasteiger partial charge in [-0.2, -0.15) is 0 Å². The van der Waals surface area contributed by atoms with Crippen LogP contribution in [0.25, 0.3) is 0 Å². The predicted octanol–water partition coefficient (Wildman–Crippen LogP) is 5.21. The second-order valence-corrected chi connectivity index (χ2v) is 10.9. The van der Waals surface area contributed by atoms with Crippen molar-refractivity contribution in [2.24, 2.45) is 0 Å². The van der Waals surface area contributed by atoms with Crippen LogP contribution in [0.15, 0.2) is 54.1 Å². The minimum absolute atomic E-state index is 0.0487. The van der Waals surface area contributed by atoms with Gasteiger partial charge in [-0.25, -0.2) is 0 Å². The van der Waals surface area contributed by atoms with E-state index < -0.39 is 0 Å². The number of ketones is 1. The minimum atomic E-state index is -0.263. The van der Waals surface area contributed by atoms with Crippen LogP contribution in [0.2, 0.25) is 10.0 Å². The van der Waals surface area contributed by atoms with Crippen molar-refractivity contribution in [1.82, 2.24) is 9.80 Å². The summed E-state index contributed by atoms with van der Waals surface area (Å²) in [5.41, 5.74) is 1.88. The van der Waals surface area contributed by atoms with E-state index in [2.05, 4.69) is 14.7 Å². The van der Waals surface area contributed by atoms with Gasteiger partial charge in [0.05, 0.1) is 41.8 Å². The van der Waals surface area contributed by atoms with E-state index in [9.17, 15) is 9.59 Å². The maximum absolute atomic E-state index is 12.2. The van der Waals surface area contributed by atoms with Gasteiger partial charge in [0.15, 0.2) is 5.78 Å². The first-order valence-electron chi connectivity index (χ1n) is 14.1. The van der Waals surface area contributed by atoms with Crippen molar-refractivity contribution in [3.05, 3.63) is 64.2 Å². The Bertz CT molecular complexity index is 1110. The summed E-state index contributed by atoms with van der Waals surface area (Å²) in [7, 11) is 0. The Balaban J connectivity index is 1.19. The molecular formula is C30H39Cl2N3O5. The van der Waals surface area contributed by atoms with Crippen LogP contribution < -0.4 is 4.90 Å². The summed E-state index contributed by atoms with van der Waals surface area (Å²) in [6.45, 7) is 8.91. The smallest absolute Gasteiger partial charge is 0.305 e. The fourth-order valence-electron chi connectivity index (χ4n) is 5.14. The molecule has 1 aliphatic carbocycles. The number of ether oxygens (including phenoxy) is 3. The highest BCUT2D eigenvalue weighted by Gasteiger charge is 2.28. The third-order valence-electron chi connectivity index (χ3n) is 7.31. The van der Waals surface area contributed by atoms with E-state index in [1.807, 2.05) is 31.3 Å². The van der Waals surface area contributed by atoms with Crippen LogP contribution in [0.5, 0.6) is 0 Å². The number of esters is 1. The van der Waals surface area contributed by atoms with Gasteiger partial charge in [-0.1, -0.05) is 29.3 Å². The Kier molecular flexibility index (Phi) is 11.6. The first-order chi connectivity index (χ1) is 19.4. The molecule has 1 unspecified atom stereocenters. The summed E-state index contributed by atoms with van der Waals surface area (Å²) in [5, 5.41) is 1.21. The van der Waals surface area contributed by atoms with Crippen molar-refractivity contribution in [2.75, 3.05) is 63.9 Å². The first kappa shape index (κ1) is 30.3. The zero-order valence-electron chi connectivity index (χ0n) is 23.2. The average molecular weight is 593 g/mol. The summed E-state index contributed by atoms with van der Waals surface area (Å²) in [5.74, 6) is 0.605. The molecule has 8 nitrogen and oxygen atoms in total. The lowest BCUT2D eigenvalue weighted by Gasteiger charge is -2.36. The fourth-order valence-corrected chi connectivity index (χ4v) is 5.56. The van der Waals surface area contributed by atoms with Gasteiger partial charge in [0.2, 0.25) is 0 Å².